The molecule has 0 atom stereocenters. The molecule has 0 fully saturated rings. The number of amides is 2. The number of hydrogen-bond donors (Lipinski definition) is 2. The van der Waals surface area contributed by atoms with Crippen LogP contribution in [0.2, 0.25) is 0 Å². The molecule has 2 N–H and O–H groups in total. The summed E-state index contributed by atoms with van der Waals surface area (Å²) in [6, 6.07) is 11.9. The summed E-state index contributed by atoms with van der Waals surface area (Å²) < 4.78 is 13.1. The molecule has 6 heteroatoms. The van der Waals surface area contributed by atoms with E-state index in [1.165, 1.54) is 12.1 Å². The maximum absolute atomic E-state index is 13.1. The van der Waals surface area contributed by atoms with Crippen molar-refractivity contribution in [2.24, 2.45) is 0 Å². The van der Waals surface area contributed by atoms with Gasteiger partial charge in [-0.2, -0.15) is 0 Å². The van der Waals surface area contributed by atoms with E-state index in [9.17, 15) is 9.18 Å². The minimum absolute atomic E-state index is 0. The summed E-state index contributed by atoms with van der Waals surface area (Å²) in [6.07, 6.45) is 0. The Morgan fingerprint density at radius 1 is 1.12 bits per heavy atom. The van der Waals surface area contributed by atoms with Crippen molar-refractivity contribution < 1.29 is 21.6 Å². The minimum atomic E-state index is -0.308. The van der Waals surface area contributed by atoms with Crippen LogP contribution in [0.15, 0.2) is 42.5 Å². The van der Waals surface area contributed by atoms with Gasteiger partial charge in [0.15, 0.2) is 0 Å². The van der Waals surface area contributed by atoms with Crippen molar-refractivity contribution in [3.05, 3.63) is 59.4 Å². The van der Waals surface area contributed by atoms with Crippen molar-refractivity contribution in [2.45, 2.75) is 27.3 Å². The van der Waals surface area contributed by atoms with Crippen LogP contribution >= 0.6 is 0 Å². The van der Waals surface area contributed by atoms with Gasteiger partial charge in [-0.05, 0) is 62.2 Å². The fourth-order valence-electron chi connectivity index (χ4n) is 2.57. The molecule has 0 unspecified atom stereocenters. The number of aryl methyl sites for hydroxylation is 1. The van der Waals surface area contributed by atoms with E-state index in [1.807, 2.05) is 19.1 Å². The van der Waals surface area contributed by atoms with Gasteiger partial charge in [-0.1, -0.05) is 12.1 Å². The van der Waals surface area contributed by atoms with Crippen molar-refractivity contribution in [1.29, 1.82) is 0 Å². The molecule has 2 rings (SSSR count). The van der Waals surface area contributed by atoms with Crippen molar-refractivity contribution in [1.82, 2.24) is 5.32 Å². The van der Waals surface area contributed by atoms with Crippen LogP contribution in [-0.4, -0.2) is 19.1 Å². The summed E-state index contributed by atoms with van der Waals surface area (Å²) in [5.41, 5.74) is 3.63. The smallest absolute Gasteiger partial charge is 0.319 e. The highest BCUT2D eigenvalue weighted by Gasteiger charge is 2.08. The summed E-state index contributed by atoms with van der Waals surface area (Å²) >= 11 is 0. The van der Waals surface area contributed by atoms with Crippen LogP contribution in [-0.2, 0) is 6.54 Å². The summed E-state index contributed by atoms with van der Waals surface area (Å²) in [7, 11) is 0. The zero-order valence-corrected chi connectivity index (χ0v) is 15.5. The van der Waals surface area contributed by atoms with Crippen molar-refractivity contribution in [2.75, 3.05) is 23.3 Å². The van der Waals surface area contributed by atoms with Crippen LogP contribution in [0, 0.1) is 12.7 Å². The van der Waals surface area contributed by atoms with Gasteiger partial charge in [0.25, 0.3) is 0 Å². The summed E-state index contributed by atoms with van der Waals surface area (Å²) in [6.45, 7) is 8.36. The SMILES string of the molecule is CCN(CC)c1ccc(NC(=O)NCc2cccc(F)c2)c(C)c1.[Cl-]. The molecule has 0 saturated carbocycles. The van der Waals surface area contributed by atoms with Gasteiger partial charge in [0.1, 0.15) is 5.82 Å². The van der Waals surface area contributed by atoms with Crippen LogP contribution in [0.5, 0.6) is 0 Å². The number of carbonyl (C=O) groups is 1. The van der Waals surface area contributed by atoms with Crippen LogP contribution in [0.1, 0.15) is 25.0 Å². The Morgan fingerprint density at radius 2 is 1.84 bits per heavy atom. The largest absolute Gasteiger partial charge is 1.00 e. The third-order valence-corrected chi connectivity index (χ3v) is 3.93. The lowest BCUT2D eigenvalue weighted by Gasteiger charge is -2.22. The molecule has 0 bridgehead atoms. The highest BCUT2D eigenvalue weighted by molar-refractivity contribution is 5.90. The van der Waals surface area contributed by atoms with E-state index in [1.54, 1.807) is 12.1 Å². The number of nitrogens with zero attached hydrogens (tertiary/aromatic N) is 1. The lowest BCUT2D eigenvalue weighted by Crippen LogP contribution is -3.00. The van der Waals surface area contributed by atoms with Gasteiger partial charge in [-0.25, -0.2) is 9.18 Å². The average Bonchev–Trinajstić information content (AvgIpc) is 2.56. The van der Waals surface area contributed by atoms with Crippen molar-refractivity contribution in [3.63, 3.8) is 0 Å². The number of nitrogens with one attached hydrogen (secondary N) is 2. The Bertz CT molecular complexity index is 705. The van der Waals surface area contributed by atoms with E-state index in [-0.39, 0.29) is 30.8 Å². The predicted octanol–water partition coefficient (Wildman–Crippen LogP) is 1.31. The molecule has 2 aromatic rings. The lowest BCUT2D eigenvalue weighted by atomic mass is 10.1. The number of rotatable bonds is 6. The highest BCUT2D eigenvalue weighted by Crippen LogP contribution is 2.22. The maximum atomic E-state index is 13.1. The Hall–Kier alpha value is -2.27. The van der Waals surface area contributed by atoms with Crippen LogP contribution < -0.4 is 27.9 Å². The minimum Gasteiger partial charge on any atom is -1.00 e. The molecule has 0 spiro atoms. The molecular formula is C19H24ClFN3O-. The average molecular weight is 365 g/mol. The molecule has 25 heavy (non-hydrogen) atoms. The van der Waals surface area contributed by atoms with Gasteiger partial charge in [-0.3, -0.25) is 0 Å². The number of carbonyl (C=O) groups excluding carboxylic acids is 1. The van der Waals surface area contributed by atoms with E-state index < -0.39 is 0 Å². The van der Waals surface area contributed by atoms with E-state index >= 15 is 0 Å². The van der Waals surface area contributed by atoms with Crippen LogP contribution in [0.25, 0.3) is 0 Å². The molecule has 0 aliphatic carbocycles. The first kappa shape index (κ1) is 20.8. The molecule has 0 saturated heterocycles. The number of benzene rings is 2. The molecule has 2 aromatic carbocycles. The normalized spacial score (nSPS) is 9.92. The third-order valence-electron chi connectivity index (χ3n) is 3.93. The second-order valence-corrected chi connectivity index (χ2v) is 5.61. The summed E-state index contributed by atoms with van der Waals surface area (Å²) in [4.78, 5) is 14.3. The number of hydrogen-bond acceptors (Lipinski definition) is 2. The zero-order chi connectivity index (χ0) is 17.5. The monoisotopic (exact) mass is 364 g/mol. The maximum Gasteiger partial charge on any atom is 0.319 e. The molecule has 2 amide bonds. The van der Waals surface area contributed by atoms with Crippen LogP contribution in [0.3, 0.4) is 0 Å². The topological polar surface area (TPSA) is 44.4 Å². The standard InChI is InChI=1S/C19H24FN3O.ClH/c1-4-23(5-2)17-9-10-18(14(3)11-17)22-19(24)21-13-15-7-6-8-16(20)12-15;/h6-12H,4-5,13H2,1-3H3,(H2,21,22,24);1H/p-1. The highest BCUT2D eigenvalue weighted by atomic mass is 35.5. The van der Waals surface area contributed by atoms with E-state index in [0.717, 1.165) is 35.6 Å². The molecule has 0 aliphatic heterocycles. The molecule has 136 valence electrons. The van der Waals surface area contributed by atoms with Gasteiger partial charge in [0, 0.05) is 31.0 Å². The quantitative estimate of drug-likeness (QED) is 0.811. The Kier molecular flexibility index (Phi) is 8.22. The molecule has 0 heterocycles. The van der Waals surface area contributed by atoms with E-state index in [2.05, 4.69) is 35.4 Å². The van der Waals surface area contributed by atoms with Gasteiger partial charge in [0.05, 0.1) is 0 Å². The Labute approximate surface area is 154 Å². The van der Waals surface area contributed by atoms with Gasteiger partial charge in [-0.15, -0.1) is 0 Å². The fourth-order valence-corrected chi connectivity index (χ4v) is 2.57. The first-order valence-corrected chi connectivity index (χ1v) is 8.18. The fraction of sp³-hybridized carbons (Fsp3) is 0.316. The number of urea groups is 1. The number of halogens is 2. The molecular weight excluding hydrogens is 341 g/mol. The first-order valence-electron chi connectivity index (χ1n) is 8.18. The van der Waals surface area contributed by atoms with Gasteiger partial charge < -0.3 is 27.9 Å². The Balaban J connectivity index is 0.00000312. The molecule has 0 aliphatic rings. The van der Waals surface area contributed by atoms with Gasteiger partial charge in [0.2, 0.25) is 0 Å². The summed E-state index contributed by atoms with van der Waals surface area (Å²) in [5.74, 6) is -0.308. The zero-order valence-electron chi connectivity index (χ0n) is 14.8. The summed E-state index contributed by atoms with van der Waals surface area (Å²) in [5, 5.41) is 5.57. The second-order valence-electron chi connectivity index (χ2n) is 5.61. The predicted molar refractivity (Wildman–Crippen MR) is 97.0 cm³/mol. The van der Waals surface area contributed by atoms with Crippen LogP contribution in [0.4, 0.5) is 20.6 Å². The Morgan fingerprint density at radius 3 is 2.44 bits per heavy atom. The van der Waals surface area contributed by atoms with E-state index in [4.69, 9.17) is 0 Å². The third kappa shape index (κ3) is 5.94. The van der Waals surface area contributed by atoms with E-state index in [0.29, 0.717) is 0 Å². The molecule has 0 radical (unpaired) electrons. The van der Waals surface area contributed by atoms with Crippen molar-refractivity contribution in [3.8, 4) is 0 Å². The lowest BCUT2D eigenvalue weighted by molar-refractivity contribution is -0.00000873. The molecule has 4 nitrogen and oxygen atoms in total. The molecule has 0 aromatic heterocycles. The second kappa shape index (κ2) is 9.89. The first-order chi connectivity index (χ1) is 11.5. The van der Waals surface area contributed by atoms with Gasteiger partial charge >= 0.3 is 6.03 Å². The van der Waals surface area contributed by atoms with Crippen molar-refractivity contribution >= 4 is 17.4 Å². The number of anilines is 2.